The van der Waals surface area contributed by atoms with Gasteiger partial charge in [-0.05, 0) is 49.4 Å². The van der Waals surface area contributed by atoms with Crippen molar-refractivity contribution < 1.29 is 14.7 Å². The van der Waals surface area contributed by atoms with Gasteiger partial charge in [0.15, 0.2) is 5.78 Å². The number of aryl methyl sites for hydroxylation is 2. The molecule has 6 rings (SSSR count). The molecule has 36 heavy (non-hydrogen) atoms. The Morgan fingerprint density at radius 1 is 1.06 bits per heavy atom. The Bertz CT molecular complexity index is 1530. The summed E-state index contributed by atoms with van der Waals surface area (Å²) in [5.41, 5.74) is 6.23. The first-order valence-corrected chi connectivity index (χ1v) is 12.9. The number of allylic oxidation sites excluding steroid dienone is 2. The molecule has 1 aliphatic heterocycles. The Balaban J connectivity index is 1.56. The summed E-state index contributed by atoms with van der Waals surface area (Å²) in [6.45, 7) is 3.97. The third kappa shape index (κ3) is 3.58. The molecular formula is C29H25N3O3S. The van der Waals surface area contributed by atoms with E-state index in [4.69, 9.17) is 5.10 Å². The molecule has 2 aliphatic rings. The summed E-state index contributed by atoms with van der Waals surface area (Å²) in [6.07, 6.45) is 1.20. The van der Waals surface area contributed by atoms with E-state index in [1.54, 1.807) is 34.2 Å². The third-order valence-electron chi connectivity index (χ3n) is 7.18. The lowest BCUT2D eigenvalue weighted by molar-refractivity contribution is -0.116. The highest BCUT2D eigenvalue weighted by Crippen LogP contribution is 2.50. The number of nitrogens with one attached hydrogen (secondary N) is 1. The lowest BCUT2D eigenvalue weighted by Gasteiger charge is -2.35. The number of aromatic carboxylic acids is 1. The third-order valence-corrected chi connectivity index (χ3v) is 8.21. The fourth-order valence-corrected chi connectivity index (χ4v) is 6.34. The molecule has 0 bridgehead atoms. The summed E-state index contributed by atoms with van der Waals surface area (Å²) in [4.78, 5) is 27.0. The summed E-state index contributed by atoms with van der Waals surface area (Å²) < 4.78 is 1.69. The van der Waals surface area contributed by atoms with Crippen LogP contribution in [-0.4, -0.2) is 26.6 Å². The van der Waals surface area contributed by atoms with E-state index in [-0.39, 0.29) is 23.2 Å². The van der Waals surface area contributed by atoms with Crippen LogP contribution in [0.1, 0.15) is 62.3 Å². The number of thiophene rings is 1. The maximum atomic E-state index is 13.7. The number of benzene rings is 2. The molecule has 7 heteroatoms. The maximum absolute atomic E-state index is 13.7. The van der Waals surface area contributed by atoms with Crippen LogP contribution in [0.3, 0.4) is 0 Å². The summed E-state index contributed by atoms with van der Waals surface area (Å²) in [5.74, 6) is -0.280. The second-order valence-electron chi connectivity index (χ2n) is 9.49. The molecule has 3 heterocycles. The van der Waals surface area contributed by atoms with Crippen molar-refractivity contribution in [1.82, 2.24) is 9.78 Å². The highest BCUT2D eigenvalue weighted by atomic mass is 32.1. The van der Waals surface area contributed by atoms with Gasteiger partial charge in [-0.15, -0.1) is 11.3 Å². The zero-order valence-corrected chi connectivity index (χ0v) is 20.8. The van der Waals surface area contributed by atoms with Crippen molar-refractivity contribution >= 4 is 28.9 Å². The number of hydrogen-bond acceptors (Lipinski definition) is 5. The quantitative estimate of drug-likeness (QED) is 0.352. The van der Waals surface area contributed by atoms with E-state index in [2.05, 4.69) is 35.6 Å². The van der Waals surface area contributed by atoms with Crippen LogP contribution in [0.4, 0.5) is 5.82 Å². The number of anilines is 1. The molecule has 0 saturated carbocycles. The van der Waals surface area contributed by atoms with Crippen molar-refractivity contribution in [3.05, 3.63) is 110 Å². The molecule has 2 atom stereocenters. The van der Waals surface area contributed by atoms with Crippen molar-refractivity contribution in [1.29, 1.82) is 0 Å². The number of aromatic nitrogens is 2. The molecule has 0 radical (unpaired) electrons. The second kappa shape index (κ2) is 8.60. The molecule has 2 aromatic carbocycles. The van der Waals surface area contributed by atoms with E-state index in [1.807, 2.05) is 31.4 Å². The molecule has 0 spiro atoms. The lowest BCUT2D eigenvalue weighted by Crippen LogP contribution is -2.30. The predicted octanol–water partition coefficient (Wildman–Crippen LogP) is 6.21. The molecule has 6 nitrogen and oxygen atoms in total. The van der Waals surface area contributed by atoms with Gasteiger partial charge in [-0.2, -0.15) is 5.10 Å². The summed E-state index contributed by atoms with van der Waals surface area (Å²) in [6, 6.07) is 19.3. The number of carbonyl (C=O) groups is 2. The van der Waals surface area contributed by atoms with Crippen LogP contribution in [0.15, 0.2) is 77.3 Å². The zero-order chi connectivity index (χ0) is 25.0. The number of rotatable bonds is 4. The Labute approximate surface area is 212 Å². The molecule has 2 N–H and O–H groups in total. The lowest BCUT2D eigenvalue weighted by atomic mass is 9.73. The predicted molar refractivity (Wildman–Crippen MR) is 140 cm³/mol. The number of carboxylic acids is 1. The minimum absolute atomic E-state index is 0.118. The van der Waals surface area contributed by atoms with Gasteiger partial charge < -0.3 is 10.4 Å². The Morgan fingerprint density at radius 3 is 2.56 bits per heavy atom. The average molecular weight is 496 g/mol. The van der Waals surface area contributed by atoms with Crippen molar-refractivity contribution in [2.45, 2.75) is 38.5 Å². The van der Waals surface area contributed by atoms with Gasteiger partial charge in [0.25, 0.3) is 0 Å². The van der Waals surface area contributed by atoms with Crippen molar-refractivity contribution in [2.75, 3.05) is 5.32 Å². The van der Waals surface area contributed by atoms with Crippen LogP contribution < -0.4 is 5.32 Å². The zero-order valence-electron chi connectivity index (χ0n) is 20.0. The first kappa shape index (κ1) is 22.5. The van der Waals surface area contributed by atoms with E-state index >= 15 is 0 Å². The van der Waals surface area contributed by atoms with Crippen LogP contribution in [0, 0.1) is 13.8 Å². The van der Waals surface area contributed by atoms with E-state index in [0.717, 1.165) is 39.5 Å². The van der Waals surface area contributed by atoms with Gasteiger partial charge in [-0.1, -0.05) is 48.0 Å². The molecule has 180 valence electrons. The first-order chi connectivity index (χ1) is 17.4. The number of carbonyl (C=O) groups excluding carboxylic acids is 1. The van der Waals surface area contributed by atoms with E-state index in [0.29, 0.717) is 18.5 Å². The van der Waals surface area contributed by atoms with Gasteiger partial charge in [0.1, 0.15) is 5.82 Å². The normalized spacial score (nSPS) is 19.0. The molecule has 0 fully saturated rings. The summed E-state index contributed by atoms with van der Waals surface area (Å²) >= 11 is 1.68. The number of carboxylic acid groups (broad SMARTS) is 1. The Kier molecular flexibility index (Phi) is 5.38. The topological polar surface area (TPSA) is 84.2 Å². The smallest absolute Gasteiger partial charge is 0.337 e. The van der Waals surface area contributed by atoms with Crippen molar-refractivity contribution in [2.24, 2.45) is 0 Å². The van der Waals surface area contributed by atoms with Crippen LogP contribution >= 0.6 is 11.3 Å². The van der Waals surface area contributed by atoms with Crippen LogP contribution in [0.2, 0.25) is 0 Å². The number of Topliss-reactive ketones (excluding diaryl/α,β-unsaturated/α-hetero) is 1. The van der Waals surface area contributed by atoms with Gasteiger partial charge in [0.05, 0.1) is 16.9 Å². The SMILES string of the molecule is Cc1ccc(C2C3=C(CC(c4cccs4)CC3=O)Nc3c2c(C)nn3-c2ccccc2C(=O)O)cc1. The van der Waals surface area contributed by atoms with E-state index in [1.165, 1.54) is 4.88 Å². The summed E-state index contributed by atoms with van der Waals surface area (Å²) in [7, 11) is 0. The molecule has 1 aliphatic carbocycles. The Hall–Kier alpha value is -3.97. The molecule has 2 unspecified atom stereocenters. The van der Waals surface area contributed by atoms with Crippen molar-refractivity contribution in [3.63, 3.8) is 0 Å². The van der Waals surface area contributed by atoms with Crippen LogP contribution in [0.5, 0.6) is 0 Å². The highest BCUT2D eigenvalue weighted by Gasteiger charge is 2.41. The van der Waals surface area contributed by atoms with Crippen molar-refractivity contribution in [3.8, 4) is 5.69 Å². The van der Waals surface area contributed by atoms with Gasteiger partial charge in [0, 0.05) is 40.0 Å². The second-order valence-corrected chi connectivity index (χ2v) is 10.5. The number of nitrogens with zero attached hydrogens (tertiary/aromatic N) is 2. The van der Waals surface area contributed by atoms with Gasteiger partial charge in [-0.3, -0.25) is 4.79 Å². The van der Waals surface area contributed by atoms with Gasteiger partial charge in [0.2, 0.25) is 0 Å². The minimum Gasteiger partial charge on any atom is -0.478 e. The number of ketones is 1. The fourth-order valence-electron chi connectivity index (χ4n) is 5.51. The van der Waals surface area contributed by atoms with Gasteiger partial charge in [-0.25, -0.2) is 9.48 Å². The largest absolute Gasteiger partial charge is 0.478 e. The summed E-state index contributed by atoms with van der Waals surface area (Å²) in [5, 5.41) is 20.3. The minimum atomic E-state index is -1.01. The van der Waals surface area contributed by atoms with Gasteiger partial charge >= 0.3 is 5.97 Å². The standard InChI is InChI=1S/C29H25N3O3S/c1-16-9-11-18(12-10-16)26-25-17(2)31-32(22-7-4-3-6-20(22)29(34)35)28(25)30-21-14-19(15-23(33)27(21)26)24-8-5-13-36-24/h3-13,19,26,30H,14-15H2,1-2H3,(H,34,35). The molecule has 2 aromatic heterocycles. The maximum Gasteiger partial charge on any atom is 0.337 e. The van der Waals surface area contributed by atoms with E-state index in [9.17, 15) is 14.7 Å². The van der Waals surface area contributed by atoms with Crippen LogP contribution in [0.25, 0.3) is 5.69 Å². The number of hydrogen-bond donors (Lipinski definition) is 2. The first-order valence-electron chi connectivity index (χ1n) is 12.0. The van der Waals surface area contributed by atoms with Crippen LogP contribution in [-0.2, 0) is 4.79 Å². The monoisotopic (exact) mass is 495 g/mol. The van der Waals surface area contributed by atoms with E-state index < -0.39 is 5.97 Å². The molecule has 0 saturated heterocycles. The molecular weight excluding hydrogens is 470 g/mol. The number of para-hydroxylation sites is 1. The number of fused-ring (bicyclic) bond motifs is 1. The Morgan fingerprint density at radius 2 is 1.83 bits per heavy atom. The highest BCUT2D eigenvalue weighted by molar-refractivity contribution is 7.10. The molecule has 4 aromatic rings. The fraction of sp³-hybridized carbons (Fsp3) is 0.207. The average Bonchev–Trinajstić information content (AvgIpc) is 3.52. The molecule has 0 amide bonds.